The third kappa shape index (κ3) is 7.50. The number of hydrogen-bond donors (Lipinski definition) is 3. The molecule has 172 valence electrons. The van der Waals surface area contributed by atoms with E-state index in [4.69, 9.17) is 14.2 Å². The van der Waals surface area contributed by atoms with Gasteiger partial charge >= 0.3 is 6.09 Å². The lowest BCUT2D eigenvalue weighted by atomic mass is 10.1. The number of carbonyl (C=O) groups excluding carboxylic acids is 3. The Hall–Kier alpha value is -3.75. The van der Waals surface area contributed by atoms with Gasteiger partial charge in [-0.05, 0) is 63.6 Å². The number of nitrogens with one attached hydrogen (secondary N) is 3. The minimum absolute atomic E-state index is 0.257. The zero-order chi connectivity index (χ0) is 23.7. The fraction of sp³-hybridized carbons (Fsp3) is 0.348. The van der Waals surface area contributed by atoms with Crippen LogP contribution in [0.15, 0.2) is 42.5 Å². The number of hydrogen-bond acceptors (Lipinski definition) is 6. The number of hydrazine groups is 1. The number of methoxy groups -OCH3 is 1. The summed E-state index contributed by atoms with van der Waals surface area (Å²) in [5, 5.41) is 2.65. The zero-order valence-electron chi connectivity index (χ0n) is 18.9. The van der Waals surface area contributed by atoms with E-state index in [1.54, 1.807) is 57.2 Å². The van der Waals surface area contributed by atoms with Crippen LogP contribution in [-0.2, 0) is 11.3 Å². The number of ether oxygens (including phenoxy) is 3. The van der Waals surface area contributed by atoms with Gasteiger partial charge in [-0.25, -0.2) is 4.79 Å². The van der Waals surface area contributed by atoms with Crippen molar-refractivity contribution in [3.8, 4) is 11.5 Å². The molecule has 0 aromatic heterocycles. The Morgan fingerprint density at radius 3 is 2.03 bits per heavy atom. The van der Waals surface area contributed by atoms with Gasteiger partial charge in [0, 0.05) is 17.7 Å². The van der Waals surface area contributed by atoms with Crippen molar-refractivity contribution in [2.45, 2.75) is 39.8 Å². The van der Waals surface area contributed by atoms with Gasteiger partial charge in [-0.1, -0.05) is 12.1 Å². The highest BCUT2D eigenvalue weighted by molar-refractivity contribution is 5.99. The maximum atomic E-state index is 12.3. The molecule has 0 saturated heterocycles. The van der Waals surface area contributed by atoms with Crippen molar-refractivity contribution in [2.24, 2.45) is 0 Å². The molecule has 0 aliphatic heterocycles. The third-order valence-corrected chi connectivity index (χ3v) is 4.07. The van der Waals surface area contributed by atoms with Gasteiger partial charge in [0.25, 0.3) is 11.8 Å². The molecule has 3 amide bonds. The van der Waals surface area contributed by atoms with Crippen LogP contribution in [0.3, 0.4) is 0 Å². The van der Waals surface area contributed by atoms with Crippen LogP contribution in [0.4, 0.5) is 4.79 Å². The zero-order valence-corrected chi connectivity index (χ0v) is 18.9. The van der Waals surface area contributed by atoms with E-state index in [1.807, 2.05) is 6.92 Å². The average Bonchev–Trinajstić information content (AvgIpc) is 2.75. The molecule has 0 aliphatic rings. The first-order valence-corrected chi connectivity index (χ1v) is 10.1. The van der Waals surface area contributed by atoms with Crippen LogP contribution in [0.1, 0.15) is 54.0 Å². The standard InChI is InChI=1S/C23H29N3O6/c1-6-31-18-12-11-17(13-19(18)30-5)21(28)26-25-20(27)16-9-7-15(8-10-16)14-24-22(29)32-23(2,3)4/h7-13H,6,14H2,1-5H3,(H,24,29)(H,25,27)(H,26,28). The summed E-state index contributed by atoms with van der Waals surface area (Å²) < 4.78 is 15.8. The van der Waals surface area contributed by atoms with Crippen LogP contribution in [0.2, 0.25) is 0 Å². The van der Waals surface area contributed by atoms with Crippen LogP contribution in [0.25, 0.3) is 0 Å². The van der Waals surface area contributed by atoms with Crippen LogP contribution in [-0.4, -0.2) is 37.2 Å². The molecular weight excluding hydrogens is 414 g/mol. The summed E-state index contributed by atoms with van der Waals surface area (Å²) in [6.45, 7) is 7.92. The van der Waals surface area contributed by atoms with Crippen molar-refractivity contribution in [3.63, 3.8) is 0 Å². The lowest BCUT2D eigenvalue weighted by Crippen LogP contribution is -2.41. The smallest absolute Gasteiger partial charge is 0.407 e. The molecule has 9 heteroatoms. The second-order valence-electron chi connectivity index (χ2n) is 7.76. The van der Waals surface area contributed by atoms with Crippen LogP contribution in [0.5, 0.6) is 11.5 Å². The summed E-state index contributed by atoms with van der Waals surface area (Å²) in [5.74, 6) is -0.0426. The third-order valence-electron chi connectivity index (χ3n) is 4.07. The van der Waals surface area contributed by atoms with E-state index in [2.05, 4.69) is 16.2 Å². The molecule has 0 aliphatic carbocycles. The molecule has 0 bridgehead atoms. The Morgan fingerprint density at radius 2 is 1.47 bits per heavy atom. The van der Waals surface area contributed by atoms with E-state index in [0.717, 1.165) is 5.56 Å². The van der Waals surface area contributed by atoms with Gasteiger partial charge in [-0.3, -0.25) is 20.4 Å². The van der Waals surface area contributed by atoms with Crippen molar-refractivity contribution in [2.75, 3.05) is 13.7 Å². The average molecular weight is 444 g/mol. The number of amides is 3. The summed E-state index contributed by atoms with van der Waals surface area (Å²) in [6.07, 6.45) is -0.520. The highest BCUT2D eigenvalue weighted by Crippen LogP contribution is 2.27. The summed E-state index contributed by atoms with van der Waals surface area (Å²) in [5.41, 5.74) is 5.59. The maximum absolute atomic E-state index is 12.3. The number of rotatable bonds is 7. The largest absolute Gasteiger partial charge is 0.493 e. The minimum atomic E-state index is -0.576. The summed E-state index contributed by atoms with van der Waals surface area (Å²) in [6, 6.07) is 11.3. The molecule has 0 radical (unpaired) electrons. The lowest BCUT2D eigenvalue weighted by Gasteiger charge is -2.19. The molecule has 32 heavy (non-hydrogen) atoms. The van der Waals surface area contributed by atoms with Crippen molar-refractivity contribution >= 4 is 17.9 Å². The molecule has 2 aromatic carbocycles. The van der Waals surface area contributed by atoms with E-state index in [1.165, 1.54) is 13.2 Å². The van der Waals surface area contributed by atoms with Gasteiger partial charge in [0.1, 0.15) is 5.60 Å². The second-order valence-corrected chi connectivity index (χ2v) is 7.76. The maximum Gasteiger partial charge on any atom is 0.407 e. The molecule has 0 saturated carbocycles. The first-order chi connectivity index (χ1) is 15.1. The topological polar surface area (TPSA) is 115 Å². The van der Waals surface area contributed by atoms with Gasteiger partial charge in [-0.2, -0.15) is 0 Å². The van der Waals surface area contributed by atoms with E-state index in [9.17, 15) is 14.4 Å². The Morgan fingerprint density at radius 1 is 0.875 bits per heavy atom. The Labute approximate surface area is 187 Å². The molecule has 2 rings (SSSR count). The highest BCUT2D eigenvalue weighted by atomic mass is 16.6. The van der Waals surface area contributed by atoms with Crippen molar-refractivity contribution in [1.82, 2.24) is 16.2 Å². The number of benzene rings is 2. The predicted molar refractivity (Wildman–Crippen MR) is 119 cm³/mol. The summed E-state index contributed by atoms with van der Waals surface area (Å²) in [4.78, 5) is 36.4. The Kier molecular flexibility index (Phi) is 8.46. The van der Waals surface area contributed by atoms with Crippen LogP contribution < -0.4 is 25.6 Å². The van der Waals surface area contributed by atoms with Crippen LogP contribution in [0, 0.1) is 0 Å². The molecule has 0 unspecified atom stereocenters. The summed E-state index contributed by atoms with van der Waals surface area (Å²) >= 11 is 0. The van der Waals surface area contributed by atoms with Crippen molar-refractivity contribution in [1.29, 1.82) is 0 Å². The van der Waals surface area contributed by atoms with Gasteiger partial charge in [0.15, 0.2) is 11.5 Å². The fourth-order valence-corrected chi connectivity index (χ4v) is 2.60. The van der Waals surface area contributed by atoms with E-state index < -0.39 is 23.5 Å². The van der Waals surface area contributed by atoms with Gasteiger partial charge in [0.05, 0.1) is 13.7 Å². The number of carbonyl (C=O) groups is 3. The van der Waals surface area contributed by atoms with E-state index >= 15 is 0 Å². The molecule has 3 N–H and O–H groups in total. The molecule has 0 atom stereocenters. The molecule has 9 nitrogen and oxygen atoms in total. The molecule has 0 fully saturated rings. The molecular formula is C23H29N3O6. The van der Waals surface area contributed by atoms with Gasteiger partial charge < -0.3 is 19.5 Å². The SMILES string of the molecule is CCOc1ccc(C(=O)NNC(=O)c2ccc(CNC(=O)OC(C)(C)C)cc2)cc1OC. The first kappa shape index (κ1) is 24.5. The fourth-order valence-electron chi connectivity index (χ4n) is 2.60. The van der Waals surface area contributed by atoms with Gasteiger partial charge in [-0.15, -0.1) is 0 Å². The second kappa shape index (κ2) is 11.0. The first-order valence-electron chi connectivity index (χ1n) is 10.1. The highest BCUT2D eigenvalue weighted by Gasteiger charge is 2.16. The molecule has 2 aromatic rings. The van der Waals surface area contributed by atoms with Gasteiger partial charge in [0.2, 0.25) is 0 Å². The Bertz CT molecular complexity index is 951. The van der Waals surface area contributed by atoms with E-state index in [-0.39, 0.29) is 6.54 Å². The normalized spacial score (nSPS) is 10.7. The monoisotopic (exact) mass is 443 g/mol. The van der Waals surface area contributed by atoms with Crippen molar-refractivity contribution < 1.29 is 28.6 Å². The number of alkyl carbamates (subject to hydrolysis) is 1. The summed E-state index contributed by atoms with van der Waals surface area (Å²) in [7, 11) is 1.48. The molecule has 0 heterocycles. The minimum Gasteiger partial charge on any atom is -0.493 e. The lowest BCUT2D eigenvalue weighted by molar-refractivity contribution is 0.0523. The quantitative estimate of drug-likeness (QED) is 0.566. The Balaban J connectivity index is 1.89. The molecule has 0 spiro atoms. The predicted octanol–water partition coefficient (Wildman–Crippen LogP) is 3.19. The van der Waals surface area contributed by atoms with Crippen molar-refractivity contribution in [3.05, 3.63) is 59.2 Å². The van der Waals surface area contributed by atoms with Crippen LogP contribution >= 0.6 is 0 Å². The van der Waals surface area contributed by atoms with E-state index in [0.29, 0.717) is 29.2 Å².